The lowest BCUT2D eigenvalue weighted by atomic mass is 9.86. The summed E-state index contributed by atoms with van der Waals surface area (Å²) in [5.74, 6) is -1.39. The number of hydrogen-bond acceptors (Lipinski definition) is 5. The molecule has 2 aliphatic rings. The van der Waals surface area contributed by atoms with E-state index < -0.39 is 23.9 Å². The Balaban J connectivity index is 1.67. The summed E-state index contributed by atoms with van der Waals surface area (Å²) in [7, 11) is 1.89. The minimum Gasteiger partial charge on any atom is -0.396 e. The zero-order chi connectivity index (χ0) is 23.7. The Labute approximate surface area is 192 Å². The van der Waals surface area contributed by atoms with E-state index >= 15 is 0 Å². The van der Waals surface area contributed by atoms with E-state index in [-0.39, 0.29) is 30.5 Å². The van der Waals surface area contributed by atoms with E-state index in [1.165, 1.54) is 0 Å². The summed E-state index contributed by atoms with van der Waals surface area (Å²) in [4.78, 5) is 45.4. The van der Waals surface area contributed by atoms with Crippen LogP contribution in [0, 0.1) is 11.8 Å². The number of aliphatic hydroxyl groups is 1. The summed E-state index contributed by atoms with van der Waals surface area (Å²) in [6, 6.07) is 2.58. The maximum absolute atomic E-state index is 13.4. The zero-order valence-electron chi connectivity index (χ0n) is 19.3. The summed E-state index contributed by atoms with van der Waals surface area (Å²) >= 11 is 0. The number of nitrogens with one attached hydrogen (secondary N) is 1. The van der Waals surface area contributed by atoms with Gasteiger partial charge in [-0.3, -0.25) is 14.4 Å². The number of fused-ring (bicyclic) bond motifs is 4. The van der Waals surface area contributed by atoms with Crippen LogP contribution in [0.5, 0.6) is 0 Å². The minimum absolute atomic E-state index is 0.0801. The number of carbonyl (C=O) groups is 2. The molecule has 33 heavy (non-hydrogen) atoms. The van der Waals surface area contributed by atoms with E-state index in [1.807, 2.05) is 36.9 Å². The van der Waals surface area contributed by atoms with Crippen molar-refractivity contribution in [3.63, 3.8) is 0 Å². The third-order valence-electron chi connectivity index (χ3n) is 6.75. The topological polar surface area (TPSA) is 109 Å². The highest BCUT2D eigenvalue weighted by Crippen LogP contribution is 2.48. The van der Waals surface area contributed by atoms with Gasteiger partial charge in [-0.1, -0.05) is 19.1 Å². The highest BCUT2D eigenvalue weighted by Gasteiger charge is 2.57. The smallest absolute Gasteiger partial charge is 0.258 e. The molecule has 2 amide bonds. The zero-order valence-corrected chi connectivity index (χ0v) is 19.3. The Morgan fingerprint density at radius 3 is 2.76 bits per heavy atom. The normalized spacial score (nSPS) is 23.7. The molecule has 0 unspecified atom stereocenters. The molecule has 4 rings (SSSR count). The highest BCUT2D eigenvalue weighted by atomic mass is 16.3. The van der Waals surface area contributed by atoms with Gasteiger partial charge in [-0.05, 0) is 19.1 Å². The molecule has 2 aromatic heterocycles. The van der Waals surface area contributed by atoms with E-state index in [4.69, 9.17) is 0 Å². The van der Waals surface area contributed by atoms with Gasteiger partial charge >= 0.3 is 0 Å². The Kier molecular flexibility index (Phi) is 6.51. The largest absolute Gasteiger partial charge is 0.396 e. The molecule has 0 saturated carbocycles. The first-order valence-electron chi connectivity index (χ1n) is 11.4. The molecule has 2 aromatic rings. The van der Waals surface area contributed by atoms with Crippen molar-refractivity contribution in [2.24, 2.45) is 18.9 Å². The first-order valence-corrected chi connectivity index (χ1v) is 11.4. The van der Waals surface area contributed by atoms with E-state index in [9.17, 15) is 19.5 Å². The van der Waals surface area contributed by atoms with Crippen LogP contribution in [0.25, 0.3) is 6.08 Å². The molecule has 9 nitrogen and oxygen atoms in total. The summed E-state index contributed by atoms with van der Waals surface area (Å²) in [6.45, 7) is 4.06. The molecule has 2 aliphatic heterocycles. The van der Waals surface area contributed by atoms with Crippen molar-refractivity contribution in [1.82, 2.24) is 24.3 Å². The number of aryl methyl sites for hydroxylation is 1. The van der Waals surface area contributed by atoms with Crippen LogP contribution in [0.4, 0.5) is 0 Å². The van der Waals surface area contributed by atoms with Gasteiger partial charge in [0.1, 0.15) is 0 Å². The van der Waals surface area contributed by atoms with Gasteiger partial charge in [0.25, 0.3) is 5.56 Å². The fraction of sp³-hybridized carbons (Fsp3) is 0.500. The maximum atomic E-state index is 13.4. The summed E-state index contributed by atoms with van der Waals surface area (Å²) < 4.78 is 3.53. The van der Waals surface area contributed by atoms with Crippen molar-refractivity contribution in [1.29, 1.82) is 0 Å². The second-order valence-corrected chi connectivity index (χ2v) is 8.74. The highest BCUT2D eigenvalue weighted by molar-refractivity contribution is 5.84. The molecule has 176 valence electrons. The molecular formula is C24H31N5O4. The summed E-state index contributed by atoms with van der Waals surface area (Å²) in [5.41, 5.74) is 1.94. The predicted molar refractivity (Wildman–Crippen MR) is 123 cm³/mol. The van der Waals surface area contributed by atoms with Crippen LogP contribution in [-0.2, 0) is 29.6 Å². The van der Waals surface area contributed by atoms with Crippen LogP contribution in [0.3, 0.4) is 0 Å². The van der Waals surface area contributed by atoms with E-state index in [1.54, 1.807) is 34.9 Å². The number of pyridine rings is 1. The molecule has 0 radical (unpaired) electrons. The minimum atomic E-state index is -0.639. The molecule has 1 fully saturated rings. The van der Waals surface area contributed by atoms with Crippen molar-refractivity contribution in [2.75, 3.05) is 13.2 Å². The van der Waals surface area contributed by atoms with Crippen LogP contribution >= 0.6 is 0 Å². The number of nitrogens with zero attached hydrogens (tertiary/aromatic N) is 4. The summed E-state index contributed by atoms with van der Waals surface area (Å²) in [6.07, 6.45) is 8.05. The standard InChI is InChI=1S/C24H31N5O4/c1-4-6-15-7-8-18-22-21(23(32)25-10-9-16-11-27(3)14-26-16)17(13-30)19(12-28(18)24(15)33)29(22)20(31)5-2/h4,6-8,11,14,17,19,21-22,30H,5,9-10,12-13H2,1-3H3,(H,25,32)/t17-,19-,21+,22+/m1/s1. The van der Waals surface area contributed by atoms with Crippen LogP contribution in [0.1, 0.15) is 43.3 Å². The Bertz CT molecular complexity index is 1130. The van der Waals surface area contributed by atoms with Gasteiger partial charge < -0.3 is 24.5 Å². The van der Waals surface area contributed by atoms with Crippen molar-refractivity contribution >= 4 is 17.9 Å². The molecule has 0 aliphatic carbocycles. The average molecular weight is 454 g/mol. The quantitative estimate of drug-likeness (QED) is 0.647. The molecule has 4 atom stereocenters. The lowest BCUT2D eigenvalue weighted by Crippen LogP contribution is -2.49. The summed E-state index contributed by atoms with van der Waals surface area (Å²) in [5, 5.41) is 13.2. The first-order chi connectivity index (χ1) is 15.9. The van der Waals surface area contributed by atoms with Crippen LogP contribution in [0.15, 0.2) is 35.5 Å². The lowest BCUT2D eigenvalue weighted by Gasteiger charge is -2.38. The fourth-order valence-electron chi connectivity index (χ4n) is 5.28. The lowest BCUT2D eigenvalue weighted by molar-refractivity contribution is -0.136. The van der Waals surface area contributed by atoms with Crippen molar-refractivity contribution in [3.05, 3.63) is 58.0 Å². The number of hydrogen-bond donors (Lipinski definition) is 2. The molecule has 2 N–H and O–H groups in total. The number of amides is 2. The average Bonchev–Trinajstić information content (AvgIpc) is 3.32. The van der Waals surface area contributed by atoms with Crippen LogP contribution in [-0.4, -0.2) is 55.1 Å². The van der Waals surface area contributed by atoms with E-state index in [0.29, 0.717) is 30.6 Å². The molecule has 0 spiro atoms. The molecule has 2 bridgehead atoms. The number of rotatable bonds is 7. The Morgan fingerprint density at radius 1 is 1.33 bits per heavy atom. The van der Waals surface area contributed by atoms with Crippen LogP contribution in [0.2, 0.25) is 0 Å². The third kappa shape index (κ3) is 4.01. The SMILES string of the molecule is CC=Cc1ccc2n(c1=O)C[C@@H]1[C@@H](CO)[C@H](C(=O)NCCc3cn(C)cn3)[C@H]2N1C(=O)CC. The van der Waals surface area contributed by atoms with Crippen LogP contribution < -0.4 is 10.9 Å². The number of imidazole rings is 1. The van der Waals surface area contributed by atoms with E-state index in [0.717, 1.165) is 5.69 Å². The van der Waals surface area contributed by atoms with Gasteiger partial charge in [0.2, 0.25) is 11.8 Å². The monoisotopic (exact) mass is 453 g/mol. The van der Waals surface area contributed by atoms with Gasteiger partial charge in [0.05, 0.1) is 30.0 Å². The number of carbonyl (C=O) groups excluding carboxylic acids is 2. The Morgan fingerprint density at radius 2 is 2.12 bits per heavy atom. The first kappa shape index (κ1) is 23.0. The fourth-order valence-corrected chi connectivity index (χ4v) is 5.28. The molecule has 4 heterocycles. The van der Waals surface area contributed by atoms with Crippen molar-refractivity contribution in [3.8, 4) is 0 Å². The number of aromatic nitrogens is 3. The molecule has 1 saturated heterocycles. The second-order valence-electron chi connectivity index (χ2n) is 8.74. The number of aliphatic hydroxyl groups excluding tert-OH is 1. The van der Waals surface area contributed by atoms with Gasteiger partial charge in [-0.2, -0.15) is 0 Å². The molecule has 0 aromatic carbocycles. The molecular weight excluding hydrogens is 422 g/mol. The van der Waals surface area contributed by atoms with Gasteiger partial charge in [0, 0.05) is 63.0 Å². The second kappa shape index (κ2) is 9.35. The third-order valence-corrected chi connectivity index (χ3v) is 6.75. The Hall–Kier alpha value is -3.20. The maximum Gasteiger partial charge on any atom is 0.258 e. The van der Waals surface area contributed by atoms with Crippen molar-refractivity contribution in [2.45, 2.75) is 45.3 Å². The van der Waals surface area contributed by atoms with Gasteiger partial charge in [0.15, 0.2) is 0 Å². The van der Waals surface area contributed by atoms with Crippen molar-refractivity contribution < 1.29 is 14.7 Å². The van der Waals surface area contributed by atoms with E-state index in [2.05, 4.69) is 10.3 Å². The number of allylic oxidation sites excluding steroid dienone is 1. The van der Waals surface area contributed by atoms with Gasteiger partial charge in [-0.15, -0.1) is 0 Å². The molecule has 9 heteroatoms. The van der Waals surface area contributed by atoms with Gasteiger partial charge in [-0.25, -0.2) is 4.98 Å². The predicted octanol–water partition coefficient (Wildman–Crippen LogP) is 0.874.